The molecule has 3 heteroatoms. The van der Waals surface area contributed by atoms with Crippen LogP contribution >= 0.6 is 11.6 Å². The molecule has 96 valence electrons. The van der Waals surface area contributed by atoms with Gasteiger partial charge in [0.05, 0.1) is 0 Å². The number of fused-ring (bicyclic) bond motifs is 1. The molecule has 19 heavy (non-hydrogen) atoms. The number of carbonyl (C=O) groups excluding carboxylic acids is 1. The van der Waals surface area contributed by atoms with Gasteiger partial charge in [-0.25, -0.2) is 0 Å². The summed E-state index contributed by atoms with van der Waals surface area (Å²) in [6, 6.07) is 13.5. The number of nitrogens with zero attached hydrogens (tertiary/aromatic N) is 1. The molecule has 0 unspecified atom stereocenters. The molecule has 1 aliphatic heterocycles. The van der Waals surface area contributed by atoms with Crippen molar-refractivity contribution in [1.29, 1.82) is 0 Å². The normalized spacial score (nSPS) is 13.5. The van der Waals surface area contributed by atoms with E-state index in [4.69, 9.17) is 11.6 Å². The quantitative estimate of drug-likeness (QED) is 0.771. The van der Waals surface area contributed by atoms with Crippen molar-refractivity contribution >= 4 is 23.2 Å². The standard InChI is InChI=1S/C16H14ClNO/c1-11-6-7-13(10-14(11)17)16(19)18-9-8-12-4-2-3-5-15(12)18/h2-7,10H,8-9H2,1H3. The topological polar surface area (TPSA) is 20.3 Å². The van der Waals surface area contributed by atoms with Crippen LogP contribution in [-0.4, -0.2) is 12.5 Å². The maximum absolute atomic E-state index is 12.5. The highest BCUT2D eigenvalue weighted by Crippen LogP contribution is 2.29. The predicted molar refractivity (Wildman–Crippen MR) is 78.0 cm³/mol. The monoisotopic (exact) mass is 271 g/mol. The Kier molecular flexibility index (Phi) is 3.03. The fourth-order valence-corrected chi connectivity index (χ4v) is 2.61. The van der Waals surface area contributed by atoms with Crippen LogP contribution in [0.4, 0.5) is 5.69 Å². The summed E-state index contributed by atoms with van der Waals surface area (Å²) in [5.74, 6) is 0.0202. The molecule has 2 aromatic rings. The van der Waals surface area contributed by atoms with Crippen molar-refractivity contribution in [3.63, 3.8) is 0 Å². The average Bonchev–Trinajstić information content (AvgIpc) is 2.85. The Bertz CT molecular complexity index is 651. The third kappa shape index (κ3) is 2.13. The molecule has 0 atom stereocenters. The maximum atomic E-state index is 12.5. The van der Waals surface area contributed by atoms with E-state index in [1.165, 1.54) is 5.56 Å². The summed E-state index contributed by atoms with van der Waals surface area (Å²) in [5.41, 5.74) is 3.88. The average molecular weight is 272 g/mol. The van der Waals surface area contributed by atoms with Crippen LogP contribution in [0.2, 0.25) is 5.02 Å². The van der Waals surface area contributed by atoms with E-state index in [0.717, 1.165) is 24.2 Å². The first kappa shape index (κ1) is 12.2. The number of halogens is 1. The van der Waals surface area contributed by atoms with E-state index < -0.39 is 0 Å². The second-order valence-electron chi connectivity index (χ2n) is 4.80. The van der Waals surface area contributed by atoms with Gasteiger partial charge in [0.1, 0.15) is 0 Å². The lowest BCUT2D eigenvalue weighted by Gasteiger charge is -2.17. The first-order chi connectivity index (χ1) is 9.16. The lowest BCUT2D eigenvalue weighted by atomic mass is 10.1. The predicted octanol–water partition coefficient (Wildman–Crippen LogP) is 3.85. The summed E-state index contributed by atoms with van der Waals surface area (Å²) in [5, 5.41) is 0.637. The zero-order valence-corrected chi connectivity index (χ0v) is 11.4. The van der Waals surface area contributed by atoms with Gasteiger partial charge in [0.2, 0.25) is 0 Å². The molecular formula is C16H14ClNO. The molecule has 2 aromatic carbocycles. The van der Waals surface area contributed by atoms with Crippen molar-refractivity contribution in [3.8, 4) is 0 Å². The molecule has 1 amide bonds. The maximum Gasteiger partial charge on any atom is 0.258 e. The first-order valence-electron chi connectivity index (χ1n) is 6.33. The lowest BCUT2D eigenvalue weighted by Crippen LogP contribution is -2.28. The summed E-state index contributed by atoms with van der Waals surface area (Å²) >= 11 is 6.09. The zero-order valence-electron chi connectivity index (χ0n) is 10.7. The molecule has 3 rings (SSSR count). The minimum atomic E-state index is 0.0202. The summed E-state index contributed by atoms with van der Waals surface area (Å²) in [6.45, 7) is 2.67. The van der Waals surface area contributed by atoms with Crippen LogP contribution in [0.25, 0.3) is 0 Å². The SMILES string of the molecule is Cc1ccc(C(=O)N2CCc3ccccc32)cc1Cl. The van der Waals surface area contributed by atoms with Gasteiger partial charge in [0.25, 0.3) is 5.91 Å². The Labute approximate surface area is 117 Å². The number of anilines is 1. The minimum absolute atomic E-state index is 0.0202. The molecule has 1 heterocycles. The number of carbonyl (C=O) groups is 1. The van der Waals surface area contributed by atoms with Crippen molar-refractivity contribution < 1.29 is 4.79 Å². The number of hydrogen-bond acceptors (Lipinski definition) is 1. The number of aryl methyl sites for hydroxylation is 1. The van der Waals surface area contributed by atoms with E-state index in [2.05, 4.69) is 6.07 Å². The van der Waals surface area contributed by atoms with Crippen LogP contribution in [0.5, 0.6) is 0 Å². The molecule has 0 aliphatic carbocycles. The van der Waals surface area contributed by atoms with Gasteiger partial charge in [0.15, 0.2) is 0 Å². The molecule has 0 saturated heterocycles. The molecule has 0 aromatic heterocycles. The fourth-order valence-electron chi connectivity index (χ4n) is 2.43. The molecule has 0 N–H and O–H groups in total. The van der Waals surface area contributed by atoms with Gasteiger partial charge >= 0.3 is 0 Å². The molecule has 0 bridgehead atoms. The van der Waals surface area contributed by atoms with E-state index in [-0.39, 0.29) is 5.91 Å². The number of hydrogen-bond donors (Lipinski definition) is 0. The van der Waals surface area contributed by atoms with Crippen molar-refractivity contribution in [1.82, 2.24) is 0 Å². The van der Waals surface area contributed by atoms with Crippen LogP contribution in [0.1, 0.15) is 21.5 Å². The molecule has 0 saturated carbocycles. The van der Waals surface area contributed by atoms with Crippen LogP contribution < -0.4 is 4.90 Å². The van der Waals surface area contributed by atoms with Crippen LogP contribution in [0.15, 0.2) is 42.5 Å². The fraction of sp³-hybridized carbons (Fsp3) is 0.188. The Morgan fingerprint density at radius 1 is 1.21 bits per heavy atom. The van der Waals surface area contributed by atoms with Gasteiger partial charge in [-0.1, -0.05) is 35.9 Å². The van der Waals surface area contributed by atoms with Gasteiger partial charge in [-0.3, -0.25) is 4.79 Å². The second kappa shape index (κ2) is 4.71. The molecular weight excluding hydrogens is 258 g/mol. The molecule has 0 fully saturated rings. The van der Waals surface area contributed by atoms with E-state index in [9.17, 15) is 4.79 Å². The summed E-state index contributed by atoms with van der Waals surface area (Å²) in [4.78, 5) is 14.4. The highest BCUT2D eigenvalue weighted by molar-refractivity contribution is 6.31. The molecule has 2 nitrogen and oxygen atoms in total. The van der Waals surface area contributed by atoms with E-state index in [1.807, 2.05) is 42.2 Å². The van der Waals surface area contributed by atoms with Crippen LogP contribution in [0.3, 0.4) is 0 Å². The minimum Gasteiger partial charge on any atom is -0.308 e. The third-order valence-electron chi connectivity index (χ3n) is 3.55. The van der Waals surface area contributed by atoms with E-state index >= 15 is 0 Å². The number of benzene rings is 2. The van der Waals surface area contributed by atoms with Crippen LogP contribution in [0, 0.1) is 6.92 Å². The Morgan fingerprint density at radius 3 is 2.79 bits per heavy atom. The molecule has 0 spiro atoms. The number of amides is 1. The van der Waals surface area contributed by atoms with Gasteiger partial charge in [0, 0.05) is 22.8 Å². The molecule has 0 radical (unpaired) electrons. The highest BCUT2D eigenvalue weighted by Gasteiger charge is 2.25. The van der Waals surface area contributed by atoms with Crippen molar-refractivity contribution in [2.45, 2.75) is 13.3 Å². The summed E-state index contributed by atoms with van der Waals surface area (Å²) < 4.78 is 0. The number of para-hydroxylation sites is 1. The Morgan fingerprint density at radius 2 is 2.00 bits per heavy atom. The first-order valence-corrected chi connectivity index (χ1v) is 6.70. The van der Waals surface area contributed by atoms with Gasteiger partial charge in [-0.2, -0.15) is 0 Å². The Hall–Kier alpha value is -1.80. The van der Waals surface area contributed by atoms with Crippen molar-refractivity contribution in [2.75, 3.05) is 11.4 Å². The second-order valence-corrected chi connectivity index (χ2v) is 5.21. The molecule has 1 aliphatic rings. The summed E-state index contributed by atoms with van der Waals surface area (Å²) in [7, 11) is 0. The van der Waals surface area contributed by atoms with Gasteiger partial charge in [-0.15, -0.1) is 0 Å². The highest BCUT2D eigenvalue weighted by atomic mass is 35.5. The van der Waals surface area contributed by atoms with Crippen molar-refractivity contribution in [2.24, 2.45) is 0 Å². The number of rotatable bonds is 1. The third-order valence-corrected chi connectivity index (χ3v) is 3.96. The van der Waals surface area contributed by atoms with E-state index in [1.54, 1.807) is 6.07 Å². The largest absolute Gasteiger partial charge is 0.308 e. The Balaban J connectivity index is 1.95. The van der Waals surface area contributed by atoms with E-state index in [0.29, 0.717) is 10.6 Å². The zero-order chi connectivity index (χ0) is 13.4. The summed E-state index contributed by atoms with van der Waals surface area (Å²) in [6.07, 6.45) is 0.918. The van der Waals surface area contributed by atoms with Gasteiger partial charge in [-0.05, 0) is 42.7 Å². The van der Waals surface area contributed by atoms with Crippen LogP contribution in [-0.2, 0) is 6.42 Å². The lowest BCUT2D eigenvalue weighted by molar-refractivity contribution is 0.0989. The van der Waals surface area contributed by atoms with Gasteiger partial charge < -0.3 is 4.90 Å². The van der Waals surface area contributed by atoms with Crippen molar-refractivity contribution in [3.05, 3.63) is 64.2 Å². The smallest absolute Gasteiger partial charge is 0.258 e.